The Morgan fingerprint density at radius 3 is 2.41 bits per heavy atom. The van der Waals surface area contributed by atoms with Crippen LogP contribution in [0.5, 0.6) is 5.75 Å². The van der Waals surface area contributed by atoms with E-state index >= 15 is 0 Å². The predicted octanol–water partition coefficient (Wildman–Crippen LogP) is -0.0987. The zero-order valence-corrected chi connectivity index (χ0v) is 15.2. The maximum Gasteiger partial charge on any atom is 1.00 e. The normalized spacial score (nSPS) is 12.3. The second-order valence-electron chi connectivity index (χ2n) is 5.94. The quantitative estimate of drug-likeness (QED) is 0.607. The Hall–Kier alpha value is -1.94. The smallest absolute Gasteiger partial charge is 0.549 e. The molecule has 2 rings (SSSR count). The van der Waals surface area contributed by atoms with Gasteiger partial charge in [0.05, 0.1) is 11.5 Å². The van der Waals surface area contributed by atoms with E-state index in [-0.39, 0.29) is 31.2 Å². The molecule has 0 saturated heterocycles. The fourth-order valence-electron chi connectivity index (χ4n) is 2.51. The van der Waals surface area contributed by atoms with Crippen molar-refractivity contribution in [1.29, 1.82) is 0 Å². The fraction of sp³-hybridized carbons (Fsp3) is 0.316. The molecule has 0 saturated carbocycles. The number of benzene rings is 2. The van der Waals surface area contributed by atoms with Crippen LogP contribution in [0.2, 0.25) is 0 Å². The third-order valence-electron chi connectivity index (χ3n) is 3.78. The van der Waals surface area contributed by atoms with Crippen LogP contribution in [-0.2, 0) is 11.0 Å². The molecule has 8 heteroatoms. The van der Waals surface area contributed by atoms with Crippen LogP contribution in [0, 0.1) is 0 Å². The number of carboxylic acids is 1. The van der Waals surface area contributed by atoms with E-state index < -0.39 is 23.8 Å². The Bertz CT molecular complexity index is 726. The minimum atomic E-state index is -4.45. The first-order valence-electron chi connectivity index (χ1n) is 8.03. The van der Waals surface area contributed by atoms with Crippen molar-refractivity contribution in [3.8, 4) is 5.75 Å². The van der Waals surface area contributed by atoms with E-state index in [1.54, 1.807) is 11.9 Å². The molecule has 140 valence electrons. The molecule has 27 heavy (non-hydrogen) atoms. The van der Waals surface area contributed by atoms with Gasteiger partial charge in [0.15, 0.2) is 0 Å². The summed E-state index contributed by atoms with van der Waals surface area (Å²) in [6.07, 6.45) is -4.55. The van der Waals surface area contributed by atoms with E-state index in [2.05, 4.69) is 0 Å². The summed E-state index contributed by atoms with van der Waals surface area (Å²) in [5.41, 5.74) is 0.0163. The molecule has 2 aromatic carbocycles. The van der Waals surface area contributed by atoms with Crippen LogP contribution in [0.1, 0.15) is 23.7 Å². The Labute approximate surface area is 168 Å². The fourth-order valence-corrected chi connectivity index (χ4v) is 2.51. The number of likely N-dealkylation sites (N-methyl/N-ethyl adjacent to an activating group) is 1. The molecule has 0 aromatic heterocycles. The van der Waals surface area contributed by atoms with Gasteiger partial charge >= 0.3 is 25.0 Å². The van der Waals surface area contributed by atoms with Gasteiger partial charge in [0, 0.05) is 19.5 Å². The summed E-state index contributed by atoms with van der Waals surface area (Å²) in [4.78, 5) is 12.2. The van der Waals surface area contributed by atoms with Gasteiger partial charge < -0.3 is 19.5 Å². The standard InChI is InChI=1S/C19H20F3NO3.Li/c1-23(13-18(24)25)11-10-17(14-6-3-2-4-7-14)26-16-9-5-8-15(12-16)19(20,21)22;/h2-9,12,17H,10-11,13H2,1H3,(H,24,25);/q;+1/p-1. The number of hydrogen-bond donors (Lipinski definition) is 0. The summed E-state index contributed by atoms with van der Waals surface area (Å²) in [5.74, 6) is -1.08. The molecule has 0 aliphatic heterocycles. The minimum absolute atomic E-state index is 0. The molecule has 0 fully saturated rings. The second-order valence-corrected chi connectivity index (χ2v) is 5.94. The number of nitrogens with zero attached hydrogens (tertiary/aromatic N) is 1. The second kappa shape index (κ2) is 10.4. The Balaban J connectivity index is 0.00000364. The van der Waals surface area contributed by atoms with Crippen LogP contribution in [0.3, 0.4) is 0 Å². The topological polar surface area (TPSA) is 52.6 Å². The van der Waals surface area contributed by atoms with Gasteiger partial charge in [-0.15, -0.1) is 0 Å². The molecule has 0 radical (unpaired) electrons. The van der Waals surface area contributed by atoms with Gasteiger partial charge in [-0.3, -0.25) is 0 Å². The number of alkyl halides is 3. The molecule has 2 aromatic rings. The van der Waals surface area contributed by atoms with Gasteiger partial charge in [-0.25, -0.2) is 0 Å². The van der Waals surface area contributed by atoms with Crippen molar-refractivity contribution >= 4 is 5.97 Å². The number of rotatable bonds is 8. The number of aliphatic carboxylic acids is 1. The molecule has 0 spiro atoms. The van der Waals surface area contributed by atoms with Crippen molar-refractivity contribution < 1.29 is 46.7 Å². The van der Waals surface area contributed by atoms with Gasteiger partial charge in [0.1, 0.15) is 11.9 Å². The van der Waals surface area contributed by atoms with Crippen molar-refractivity contribution in [2.45, 2.75) is 18.7 Å². The first-order chi connectivity index (χ1) is 12.3. The molecule has 1 unspecified atom stereocenters. The molecule has 0 bridgehead atoms. The Morgan fingerprint density at radius 1 is 1.15 bits per heavy atom. The van der Waals surface area contributed by atoms with Crippen LogP contribution >= 0.6 is 0 Å². The van der Waals surface area contributed by atoms with Crippen LogP contribution in [-0.4, -0.2) is 31.0 Å². The van der Waals surface area contributed by atoms with Crippen LogP contribution in [0.15, 0.2) is 54.6 Å². The van der Waals surface area contributed by atoms with E-state index in [0.29, 0.717) is 13.0 Å². The van der Waals surface area contributed by atoms with Crippen molar-refractivity contribution in [2.24, 2.45) is 0 Å². The summed E-state index contributed by atoms with van der Waals surface area (Å²) in [7, 11) is 1.63. The largest absolute Gasteiger partial charge is 1.00 e. The zero-order chi connectivity index (χ0) is 19.2. The van der Waals surface area contributed by atoms with E-state index in [9.17, 15) is 23.1 Å². The van der Waals surface area contributed by atoms with E-state index in [0.717, 1.165) is 17.7 Å². The third-order valence-corrected chi connectivity index (χ3v) is 3.78. The number of carboxylic acid groups (broad SMARTS) is 1. The SMILES string of the molecule is CN(CCC(Oc1cccc(C(F)(F)F)c1)c1ccccc1)CC(=O)[O-].[Li+]. The van der Waals surface area contributed by atoms with Crippen LogP contribution in [0.25, 0.3) is 0 Å². The van der Waals surface area contributed by atoms with E-state index in [1.807, 2.05) is 30.3 Å². The number of ether oxygens (including phenoxy) is 1. The summed E-state index contributed by atoms with van der Waals surface area (Å²) in [6.45, 7) is 0.150. The number of halogens is 3. The average Bonchev–Trinajstić information content (AvgIpc) is 2.58. The number of carbonyl (C=O) groups is 1. The summed E-state index contributed by atoms with van der Waals surface area (Å²) in [6, 6.07) is 13.8. The monoisotopic (exact) mass is 373 g/mol. The van der Waals surface area contributed by atoms with Crippen molar-refractivity contribution in [2.75, 3.05) is 20.1 Å². The Kier molecular flexibility index (Phi) is 8.90. The summed E-state index contributed by atoms with van der Waals surface area (Å²) in [5, 5.41) is 10.7. The first kappa shape index (κ1) is 23.1. The predicted molar refractivity (Wildman–Crippen MR) is 88.4 cm³/mol. The molecule has 1 atom stereocenters. The van der Waals surface area contributed by atoms with Gasteiger partial charge in [-0.05, 0) is 30.8 Å². The van der Waals surface area contributed by atoms with E-state index in [4.69, 9.17) is 4.74 Å². The van der Waals surface area contributed by atoms with Crippen molar-refractivity contribution in [3.05, 3.63) is 65.7 Å². The van der Waals surface area contributed by atoms with Gasteiger partial charge in [-0.1, -0.05) is 36.4 Å². The maximum absolute atomic E-state index is 12.9. The maximum atomic E-state index is 12.9. The van der Waals surface area contributed by atoms with E-state index in [1.165, 1.54) is 12.1 Å². The van der Waals surface area contributed by atoms with Gasteiger partial charge in [0.25, 0.3) is 0 Å². The molecule has 0 aliphatic rings. The third kappa shape index (κ3) is 7.67. The average molecular weight is 373 g/mol. The number of carbonyl (C=O) groups excluding carboxylic acids is 1. The zero-order valence-electron chi connectivity index (χ0n) is 15.2. The summed E-state index contributed by atoms with van der Waals surface area (Å²) >= 11 is 0. The van der Waals surface area contributed by atoms with Gasteiger partial charge in [-0.2, -0.15) is 13.2 Å². The van der Waals surface area contributed by atoms with Crippen LogP contribution in [0.4, 0.5) is 13.2 Å². The first-order valence-corrected chi connectivity index (χ1v) is 8.03. The Morgan fingerprint density at radius 2 is 1.81 bits per heavy atom. The summed E-state index contributed by atoms with van der Waals surface area (Å²) < 4.78 is 44.4. The molecule has 0 N–H and O–H groups in total. The molecule has 0 amide bonds. The molecule has 0 heterocycles. The molecular formula is C19H19F3LiNO3. The van der Waals surface area contributed by atoms with Crippen molar-refractivity contribution in [1.82, 2.24) is 4.90 Å². The van der Waals surface area contributed by atoms with Crippen molar-refractivity contribution in [3.63, 3.8) is 0 Å². The van der Waals surface area contributed by atoms with Crippen LogP contribution < -0.4 is 28.7 Å². The molecule has 0 aliphatic carbocycles. The molecular weight excluding hydrogens is 354 g/mol. The minimum Gasteiger partial charge on any atom is -0.549 e. The van der Waals surface area contributed by atoms with Gasteiger partial charge in [0.2, 0.25) is 0 Å². The number of hydrogen-bond acceptors (Lipinski definition) is 4. The molecule has 4 nitrogen and oxygen atoms in total.